The maximum Gasteiger partial charge on any atom is 0.175 e. The van der Waals surface area contributed by atoms with E-state index >= 15 is 0 Å². The van der Waals surface area contributed by atoms with Crippen LogP contribution in [0.25, 0.3) is 11.0 Å². The van der Waals surface area contributed by atoms with Gasteiger partial charge in [0, 0.05) is 5.39 Å². The molecule has 2 rings (SSSR count). The number of aromatic hydroxyl groups is 1. The summed E-state index contributed by atoms with van der Waals surface area (Å²) in [6.07, 6.45) is 1.62. The van der Waals surface area contributed by atoms with E-state index < -0.39 is 0 Å². The highest BCUT2D eigenvalue weighted by atomic mass is 16.3. The summed E-state index contributed by atoms with van der Waals surface area (Å²) in [7, 11) is 0. The summed E-state index contributed by atoms with van der Waals surface area (Å²) in [5.74, 6) is 0.669. The van der Waals surface area contributed by atoms with Crippen molar-refractivity contribution in [2.75, 3.05) is 0 Å². The molecular weight excluding hydrogens is 176 g/mol. The number of hydrogen-bond donors (Lipinski definition) is 1. The quantitative estimate of drug-likeness (QED) is 0.745. The fourth-order valence-electron chi connectivity index (χ4n) is 2.05. The predicted molar refractivity (Wildman–Crippen MR) is 56.7 cm³/mol. The summed E-state index contributed by atoms with van der Waals surface area (Å²) in [4.78, 5) is 0. The van der Waals surface area contributed by atoms with E-state index in [9.17, 15) is 5.11 Å². The molecule has 2 aromatic rings. The van der Waals surface area contributed by atoms with Gasteiger partial charge in [0.1, 0.15) is 0 Å². The molecule has 0 saturated carbocycles. The van der Waals surface area contributed by atoms with Crippen molar-refractivity contribution >= 4 is 11.0 Å². The topological polar surface area (TPSA) is 33.4 Å². The third kappa shape index (κ3) is 1.18. The van der Waals surface area contributed by atoms with Gasteiger partial charge in [0.25, 0.3) is 0 Å². The minimum atomic E-state index is 0.229. The second-order valence-electron chi connectivity index (χ2n) is 3.94. The summed E-state index contributed by atoms with van der Waals surface area (Å²) in [6, 6.07) is 3.68. The largest absolute Gasteiger partial charge is 0.504 e. The number of phenolic OH excluding ortho intramolecular Hbond substituents is 1. The van der Waals surface area contributed by atoms with Gasteiger partial charge in [-0.3, -0.25) is 0 Å². The van der Waals surface area contributed by atoms with Crippen molar-refractivity contribution in [2.45, 2.75) is 26.7 Å². The molecule has 0 fully saturated rings. The van der Waals surface area contributed by atoms with Crippen LogP contribution < -0.4 is 0 Å². The van der Waals surface area contributed by atoms with Crippen molar-refractivity contribution in [1.82, 2.24) is 0 Å². The minimum Gasteiger partial charge on any atom is -0.504 e. The van der Waals surface area contributed by atoms with Gasteiger partial charge >= 0.3 is 0 Å². The van der Waals surface area contributed by atoms with Crippen molar-refractivity contribution in [2.24, 2.45) is 0 Å². The Morgan fingerprint density at radius 2 is 2.07 bits per heavy atom. The predicted octanol–water partition coefficient (Wildman–Crippen LogP) is 3.57. The Morgan fingerprint density at radius 3 is 2.71 bits per heavy atom. The van der Waals surface area contributed by atoms with E-state index in [1.54, 1.807) is 12.3 Å². The highest BCUT2D eigenvalue weighted by Gasteiger charge is 2.13. The molecule has 0 atom stereocenters. The van der Waals surface area contributed by atoms with Gasteiger partial charge < -0.3 is 9.52 Å². The molecule has 0 amide bonds. The van der Waals surface area contributed by atoms with Gasteiger partial charge in [0.15, 0.2) is 11.3 Å². The maximum atomic E-state index is 9.65. The van der Waals surface area contributed by atoms with Crippen LogP contribution in [-0.4, -0.2) is 5.11 Å². The average Bonchev–Trinajstić information content (AvgIpc) is 2.51. The number of hydrogen-bond acceptors (Lipinski definition) is 2. The summed E-state index contributed by atoms with van der Waals surface area (Å²) < 4.78 is 5.24. The van der Waals surface area contributed by atoms with Crippen molar-refractivity contribution in [3.05, 3.63) is 29.5 Å². The van der Waals surface area contributed by atoms with E-state index in [2.05, 4.69) is 13.8 Å². The first-order chi connectivity index (χ1) is 6.61. The van der Waals surface area contributed by atoms with Gasteiger partial charge in [-0.25, -0.2) is 0 Å². The molecule has 0 spiro atoms. The number of fused-ring (bicyclic) bond motifs is 1. The van der Waals surface area contributed by atoms with Crippen LogP contribution in [0.2, 0.25) is 0 Å². The molecule has 0 aliphatic rings. The normalized spacial score (nSPS) is 11.4. The first kappa shape index (κ1) is 9.13. The van der Waals surface area contributed by atoms with E-state index in [1.807, 2.05) is 13.0 Å². The number of furan rings is 1. The monoisotopic (exact) mass is 190 g/mol. The Hall–Kier alpha value is -1.44. The molecule has 1 N–H and O–H groups in total. The van der Waals surface area contributed by atoms with Crippen LogP contribution in [0.4, 0.5) is 0 Å². The van der Waals surface area contributed by atoms with E-state index in [0.717, 1.165) is 10.9 Å². The van der Waals surface area contributed by atoms with Gasteiger partial charge in [-0.2, -0.15) is 0 Å². The Bertz CT molecular complexity index is 466. The van der Waals surface area contributed by atoms with E-state index in [1.165, 1.54) is 5.56 Å². The first-order valence-corrected chi connectivity index (χ1v) is 4.81. The molecule has 0 bridgehead atoms. The molecule has 0 radical (unpaired) electrons. The smallest absolute Gasteiger partial charge is 0.175 e. The fourth-order valence-corrected chi connectivity index (χ4v) is 2.05. The second kappa shape index (κ2) is 3.05. The molecule has 2 nitrogen and oxygen atoms in total. The average molecular weight is 190 g/mol. The number of aryl methyl sites for hydroxylation is 1. The molecule has 2 heteroatoms. The lowest BCUT2D eigenvalue weighted by atomic mass is 9.94. The maximum absolute atomic E-state index is 9.65. The Morgan fingerprint density at radius 1 is 1.36 bits per heavy atom. The Kier molecular flexibility index (Phi) is 1.99. The van der Waals surface area contributed by atoms with Crippen molar-refractivity contribution in [3.63, 3.8) is 0 Å². The van der Waals surface area contributed by atoms with Gasteiger partial charge in [0.2, 0.25) is 0 Å². The second-order valence-corrected chi connectivity index (χ2v) is 3.94. The third-order valence-corrected chi connectivity index (χ3v) is 2.54. The summed E-state index contributed by atoms with van der Waals surface area (Å²) in [6.45, 7) is 6.30. The molecule has 74 valence electrons. The van der Waals surface area contributed by atoms with Gasteiger partial charge in [-0.15, -0.1) is 0 Å². The van der Waals surface area contributed by atoms with Crippen LogP contribution in [0.1, 0.15) is 30.9 Å². The molecule has 0 unspecified atom stereocenters. The molecule has 1 heterocycles. The molecule has 0 saturated heterocycles. The van der Waals surface area contributed by atoms with Gasteiger partial charge in [-0.05, 0) is 36.1 Å². The standard InChI is InChI=1S/C12H14O2/c1-7(2)11-8(3)6-10(13)12-9(11)4-5-14-12/h4-7,13H,1-3H3. The van der Waals surface area contributed by atoms with E-state index in [4.69, 9.17) is 4.42 Å². The molecule has 0 aliphatic heterocycles. The lowest BCUT2D eigenvalue weighted by Gasteiger charge is -2.11. The zero-order valence-corrected chi connectivity index (χ0v) is 8.66. The zero-order valence-electron chi connectivity index (χ0n) is 8.66. The van der Waals surface area contributed by atoms with Crippen LogP contribution in [0.5, 0.6) is 5.75 Å². The molecule has 1 aromatic carbocycles. The van der Waals surface area contributed by atoms with E-state index in [0.29, 0.717) is 11.5 Å². The number of phenols is 1. The van der Waals surface area contributed by atoms with Gasteiger partial charge in [-0.1, -0.05) is 13.8 Å². The Labute approximate surface area is 83.2 Å². The highest BCUT2D eigenvalue weighted by Crippen LogP contribution is 2.34. The number of rotatable bonds is 1. The summed E-state index contributed by atoms with van der Waals surface area (Å²) in [5.41, 5.74) is 2.97. The number of benzene rings is 1. The van der Waals surface area contributed by atoms with Crippen LogP contribution in [-0.2, 0) is 0 Å². The lowest BCUT2D eigenvalue weighted by molar-refractivity contribution is 0.464. The molecular formula is C12H14O2. The molecule has 1 aromatic heterocycles. The van der Waals surface area contributed by atoms with Crippen LogP contribution in [0, 0.1) is 6.92 Å². The summed E-state index contributed by atoms with van der Waals surface area (Å²) >= 11 is 0. The first-order valence-electron chi connectivity index (χ1n) is 4.81. The zero-order chi connectivity index (χ0) is 10.3. The lowest BCUT2D eigenvalue weighted by Crippen LogP contribution is -1.92. The molecule has 0 aliphatic carbocycles. The van der Waals surface area contributed by atoms with Crippen molar-refractivity contribution in [3.8, 4) is 5.75 Å². The minimum absolute atomic E-state index is 0.229. The Balaban J connectivity index is 2.86. The third-order valence-electron chi connectivity index (χ3n) is 2.54. The highest BCUT2D eigenvalue weighted by molar-refractivity contribution is 5.87. The van der Waals surface area contributed by atoms with Crippen LogP contribution >= 0.6 is 0 Å². The van der Waals surface area contributed by atoms with E-state index in [-0.39, 0.29) is 5.75 Å². The van der Waals surface area contributed by atoms with Crippen LogP contribution in [0.3, 0.4) is 0 Å². The van der Waals surface area contributed by atoms with Crippen molar-refractivity contribution in [1.29, 1.82) is 0 Å². The summed E-state index contributed by atoms with van der Waals surface area (Å²) in [5, 5.41) is 10.7. The van der Waals surface area contributed by atoms with Crippen LogP contribution in [0.15, 0.2) is 22.8 Å². The van der Waals surface area contributed by atoms with Crippen molar-refractivity contribution < 1.29 is 9.52 Å². The SMILES string of the molecule is Cc1cc(O)c2occc2c1C(C)C. The molecule has 14 heavy (non-hydrogen) atoms. The fraction of sp³-hybridized carbons (Fsp3) is 0.333. The van der Waals surface area contributed by atoms with Gasteiger partial charge in [0.05, 0.1) is 6.26 Å².